The van der Waals surface area contributed by atoms with E-state index in [0.717, 1.165) is 57.3 Å². The summed E-state index contributed by atoms with van der Waals surface area (Å²) in [5.41, 5.74) is 1.19. The Morgan fingerprint density at radius 2 is 2.29 bits per heavy atom. The number of aliphatic hydroxyl groups is 1. The first-order valence-electron chi connectivity index (χ1n) is 7.83. The van der Waals surface area contributed by atoms with Gasteiger partial charge < -0.3 is 9.84 Å². The van der Waals surface area contributed by atoms with Gasteiger partial charge in [-0.2, -0.15) is 0 Å². The van der Waals surface area contributed by atoms with Crippen LogP contribution in [-0.2, 0) is 11.3 Å². The van der Waals surface area contributed by atoms with Crippen molar-refractivity contribution < 1.29 is 9.84 Å². The summed E-state index contributed by atoms with van der Waals surface area (Å²) in [5, 5.41) is 12.4. The van der Waals surface area contributed by atoms with Gasteiger partial charge >= 0.3 is 0 Å². The Hall–Kier alpha value is -0.530. The van der Waals surface area contributed by atoms with Crippen molar-refractivity contribution in [2.45, 2.75) is 26.0 Å². The van der Waals surface area contributed by atoms with Gasteiger partial charge in [0.2, 0.25) is 0 Å². The molecule has 3 rings (SSSR count). The average molecular weight is 311 g/mol. The van der Waals surface area contributed by atoms with Gasteiger partial charge in [0.15, 0.2) is 0 Å². The number of hydrogen-bond acceptors (Lipinski definition) is 6. The first kappa shape index (κ1) is 15.4. The van der Waals surface area contributed by atoms with Crippen molar-refractivity contribution in [2.24, 2.45) is 5.92 Å². The maximum atomic E-state index is 9.08. The monoisotopic (exact) mass is 311 g/mol. The molecule has 2 atom stereocenters. The Balaban J connectivity index is 1.57. The molecule has 1 N–H and O–H groups in total. The molecule has 6 heteroatoms. The maximum Gasteiger partial charge on any atom is 0.0897 e. The van der Waals surface area contributed by atoms with Gasteiger partial charge in [-0.05, 0) is 19.9 Å². The van der Waals surface area contributed by atoms with Crippen LogP contribution in [0.1, 0.15) is 17.1 Å². The number of aliphatic hydroxyl groups excluding tert-OH is 1. The molecular weight excluding hydrogens is 286 g/mol. The van der Waals surface area contributed by atoms with E-state index in [1.807, 2.05) is 0 Å². The number of nitrogens with zero attached hydrogens (tertiary/aromatic N) is 3. The summed E-state index contributed by atoms with van der Waals surface area (Å²) in [4.78, 5) is 9.38. The lowest BCUT2D eigenvalue weighted by Crippen LogP contribution is -2.47. The zero-order chi connectivity index (χ0) is 14.7. The number of rotatable bonds is 4. The molecule has 0 unspecified atom stereocenters. The highest BCUT2D eigenvalue weighted by atomic mass is 32.1. The number of likely N-dealkylation sites (tertiary alicyclic amines) is 1. The van der Waals surface area contributed by atoms with Gasteiger partial charge in [-0.1, -0.05) is 0 Å². The van der Waals surface area contributed by atoms with E-state index in [2.05, 4.69) is 27.1 Å². The predicted molar refractivity (Wildman–Crippen MR) is 83.5 cm³/mol. The first-order chi connectivity index (χ1) is 10.2. The second-order valence-electron chi connectivity index (χ2n) is 6.08. The number of β-amino-alcohol motifs (C(OH)–C–C–N with tert-alkyl or cyclic N) is 1. The van der Waals surface area contributed by atoms with E-state index in [-0.39, 0.29) is 6.61 Å². The van der Waals surface area contributed by atoms with Gasteiger partial charge in [0.1, 0.15) is 0 Å². The largest absolute Gasteiger partial charge is 0.395 e. The molecule has 2 saturated heterocycles. The van der Waals surface area contributed by atoms with E-state index in [9.17, 15) is 0 Å². The third-order valence-corrected chi connectivity index (χ3v) is 5.30. The minimum absolute atomic E-state index is 0.243. The molecule has 3 heterocycles. The van der Waals surface area contributed by atoms with Crippen LogP contribution in [0.3, 0.4) is 0 Å². The van der Waals surface area contributed by atoms with Gasteiger partial charge in [-0.25, -0.2) is 4.98 Å². The Bertz CT molecular complexity index is 454. The van der Waals surface area contributed by atoms with Crippen LogP contribution in [0.2, 0.25) is 0 Å². The van der Waals surface area contributed by atoms with Crippen molar-refractivity contribution in [1.82, 2.24) is 14.8 Å². The Labute approximate surface area is 130 Å². The average Bonchev–Trinajstić information content (AvgIpc) is 2.76. The molecule has 0 radical (unpaired) electrons. The summed E-state index contributed by atoms with van der Waals surface area (Å²) in [5.74, 6) is 0.613. The van der Waals surface area contributed by atoms with E-state index in [1.54, 1.807) is 11.3 Å². The predicted octanol–water partition coefficient (Wildman–Crippen LogP) is 0.967. The van der Waals surface area contributed by atoms with Crippen LogP contribution < -0.4 is 0 Å². The van der Waals surface area contributed by atoms with Gasteiger partial charge in [0.05, 0.1) is 30.0 Å². The summed E-state index contributed by atoms with van der Waals surface area (Å²) in [6.07, 6.45) is 1.49. The third-order valence-electron chi connectivity index (χ3n) is 4.48. The summed E-state index contributed by atoms with van der Waals surface area (Å²) in [6, 6.07) is 0. The lowest BCUT2D eigenvalue weighted by atomic mass is 9.93. The minimum atomic E-state index is 0.243. The number of aromatic nitrogens is 1. The van der Waals surface area contributed by atoms with Crippen LogP contribution in [0.5, 0.6) is 0 Å². The molecule has 21 heavy (non-hydrogen) atoms. The molecule has 0 spiro atoms. The number of aryl methyl sites for hydroxylation is 1. The van der Waals surface area contributed by atoms with Crippen molar-refractivity contribution in [3.63, 3.8) is 0 Å². The molecule has 1 aromatic rings. The summed E-state index contributed by atoms with van der Waals surface area (Å²) in [6.45, 7) is 8.96. The Kier molecular flexibility index (Phi) is 5.24. The molecule has 5 nitrogen and oxygen atoms in total. The molecule has 2 fully saturated rings. The van der Waals surface area contributed by atoms with Crippen molar-refractivity contribution in [2.75, 3.05) is 45.9 Å². The molecule has 1 aromatic heterocycles. The van der Waals surface area contributed by atoms with Crippen LogP contribution in [0.15, 0.2) is 5.38 Å². The fraction of sp³-hybridized carbons (Fsp3) is 0.800. The smallest absolute Gasteiger partial charge is 0.0897 e. The molecule has 0 aliphatic carbocycles. The van der Waals surface area contributed by atoms with Crippen molar-refractivity contribution in [3.05, 3.63) is 16.1 Å². The van der Waals surface area contributed by atoms with Gasteiger partial charge in [0, 0.05) is 44.0 Å². The van der Waals surface area contributed by atoms with Crippen molar-refractivity contribution in [3.8, 4) is 0 Å². The fourth-order valence-corrected chi connectivity index (χ4v) is 3.98. The number of fused-ring (bicyclic) bond motifs is 1. The summed E-state index contributed by atoms with van der Waals surface area (Å²) < 4.78 is 6.07. The van der Waals surface area contributed by atoms with Gasteiger partial charge in [0.25, 0.3) is 0 Å². The minimum Gasteiger partial charge on any atom is -0.395 e. The highest BCUT2D eigenvalue weighted by molar-refractivity contribution is 7.09. The van der Waals surface area contributed by atoms with Crippen molar-refractivity contribution >= 4 is 11.3 Å². The fourth-order valence-electron chi connectivity index (χ4n) is 3.38. The summed E-state index contributed by atoms with van der Waals surface area (Å²) >= 11 is 1.73. The van der Waals surface area contributed by atoms with E-state index in [4.69, 9.17) is 9.84 Å². The Morgan fingerprint density at radius 1 is 1.38 bits per heavy atom. The van der Waals surface area contributed by atoms with E-state index >= 15 is 0 Å². The molecule has 2 aliphatic heterocycles. The first-order valence-corrected chi connectivity index (χ1v) is 8.70. The molecule has 2 aliphatic rings. The SMILES string of the molecule is Cc1nc(CN2CCO[C@@H]3CN(CCO)CC[C@@H]3C2)cs1. The standard InChI is InChI=1S/C15H25N3O2S/c1-12-16-14(11-21-12)9-18-5-7-20-15-10-17(4-6-19)3-2-13(15)8-18/h11,13,15,19H,2-10H2,1H3/t13-,15-/m1/s1. The van der Waals surface area contributed by atoms with Crippen LogP contribution >= 0.6 is 11.3 Å². The van der Waals surface area contributed by atoms with Crippen LogP contribution in [0.4, 0.5) is 0 Å². The number of thiazole rings is 1. The zero-order valence-electron chi connectivity index (χ0n) is 12.7. The number of hydrogen-bond donors (Lipinski definition) is 1. The lowest BCUT2D eigenvalue weighted by molar-refractivity contribution is -0.0250. The Morgan fingerprint density at radius 3 is 3.05 bits per heavy atom. The summed E-state index contributed by atoms with van der Waals surface area (Å²) in [7, 11) is 0. The van der Waals surface area contributed by atoms with E-state index in [1.165, 1.54) is 5.69 Å². The number of ether oxygens (including phenoxy) is 1. The second kappa shape index (κ2) is 7.15. The molecule has 0 saturated carbocycles. The maximum absolute atomic E-state index is 9.08. The van der Waals surface area contributed by atoms with Crippen LogP contribution in [0.25, 0.3) is 0 Å². The molecule has 0 amide bonds. The highest BCUT2D eigenvalue weighted by Gasteiger charge is 2.33. The molecule has 0 bridgehead atoms. The third kappa shape index (κ3) is 4.02. The molecule has 118 valence electrons. The lowest BCUT2D eigenvalue weighted by Gasteiger charge is -2.37. The van der Waals surface area contributed by atoms with Gasteiger partial charge in [-0.15, -0.1) is 11.3 Å². The van der Waals surface area contributed by atoms with E-state index in [0.29, 0.717) is 12.0 Å². The van der Waals surface area contributed by atoms with Gasteiger partial charge in [-0.3, -0.25) is 9.80 Å². The topological polar surface area (TPSA) is 48.8 Å². The van der Waals surface area contributed by atoms with Crippen LogP contribution in [0, 0.1) is 12.8 Å². The van der Waals surface area contributed by atoms with E-state index < -0.39 is 0 Å². The molecule has 0 aromatic carbocycles. The second-order valence-corrected chi connectivity index (χ2v) is 7.14. The van der Waals surface area contributed by atoms with Crippen molar-refractivity contribution in [1.29, 1.82) is 0 Å². The highest BCUT2D eigenvalue weighted by Crippen LogP contribution is 2.24. The molecular formula is C15H25N3O2S. The zero-order valence-corrected chi connectivity index (χ0v) is 13.5. The van der Waals surface area contributed by atoms with Crippen LogP contribution in [-0.4, -0.2) is 71.9 Å². The number of piperidine rings is 1. The quantitative estimate of drug-likeness (QED) is 0.898. The normalized spacial score (nSPS) is 28.3.